The van der Waals surface area contributed by atoms with E-state index < -0.39 is 12.0 Å². The molecule has 1 unspecified atom stereocenters. The third-order valence-corrected chi connectivity index (χ3v) is 3.40. The van der Waals surface area contributed by atoms with E-state index in [4.69, 9.17) is 10.00 Å². The summed E-state index contributed by atoms with van der Waals surface area (Å²) in [6, 6.07) is 13.0. The molecule has 0 aliphatic carbocycles. The number of nitrogens with zero attached hydrogens (tertiary/aromatic N) is 1. The Hall–Kier alpha value is -3.26. The SMILES string of the molecule is C=Cc1cc(OCC)cc(C(Nc2ccc(C#N)cc2)C(=O)O)c1. The molecule has 0 radical (unpaired) electrons. The number of benzene rings is 2. The molecule has 0 fully saturated rings. The van der Waals surface area contributed by atoms with E-state index in [0.29, 0.717) is 29.2 Å². The molecule has 1 atom stereocenters. The number of nitrogens with one attached hydrogen (secondary N) is 1. The molecule has 2 N–H and O–H groups in total. The first-order valence-electron chi connectivity index (χ1n) is 7.47. The van der Waals surface area contributed by atoms with Gasteiger partial charge in [-0.25, -0.2) is 4.79 Å². The summed E-state index contributed by atoms with van der Waals surface area (Å²) in [6.07, 6.45) is 1.65. The lowest BCUT2D eigenvalue weighted by Crippen LogP contribution is -2.20. The third kappa shape index (κ3) is 4.14. The summed E-state index contributed by atoms with van der Waals surface area (Å²) < 4.78 is 5.49. The van der Waals surface area contributed by atoms with Crippen molar-refractivity contribution >= 4 is 17.7 Å². The summed E-state index contributed by atoms with van der Waals surface area (Å²) in [5.74, 6) is -0.416. The van der Waals surface area contributed by atoms with Gasteiger partial charge in [-0.3, -0.25) is 0 Å². The van der Waals surface area contributed by atoms with Crippen molar-refractivity contribution in [1.82, 2.24) is 0 Å². The lowest BCUT2D eigenvalue weighted by Gasteiger charge is -2.18. The molecule has 5 nitrogen and oxygen atoms in total. The molecule has 0 saturated heterocycles. The summed E-state index contributed by atoms with van der Waals surface area (Å²) >= 11 is 0. The monoisotopic (exact) mass is 322 g/mol. The average molecular weight is 322 g/mol. The van der Waals surface area contributed by atoms with Gasteiger partial charge in [0.05, 0.1) is 18.2 Å². The quantitative estimate of drug-likeness (QED) is 0.809. The summed E-state index contributed by atoms with van der Waals surface area (Å²) in [5, 5.41) is 21.4. The van der Waals surface area contributed by atoms with Gasteiger partial charge in [-0.1, -0.05) is 12.7 Å². The second-order valence-corrected chi connectivity index (χ2v) is 5.08. The third-order valence-electron chi connectivity index (χ3n) is 3.40. The second-order valence-electron chi connectivity index (χ2n) is 5.08. The number of hydrogen-bond acceptors (Lipinski definition) is 4. The summed E-state index contributed by atoms with van der Waals surface area (Å²) in [4.78, 5) is 11.7. The number of nitriles is 1. The van der Waals surface area contributed by atoms with Crippen LogP contribution in [0.4, 0.5) is 5.69 Å². The minimum absolute atomic E-state index is 0.487. The second kappa shape index (κ2) is 7.84. The van der Waals surface area contributed by atoms with Crippen molar-refractivity contribution < 1.29 is 14.6 Å². The van der Waals surface area contributed by atoms with E-state index in [1.54, 1.807) is 48.5 Å². The van der Waals surface area contributed by atoms with Crippen LogP contribution < -0.4 is 10.1 Å². The lowest BCUT2D eigenvalue weighted by molar-refractivity contribution is -0.138. The van der Waals surface area contributed by atoms with E-state index >= 15 is 0 Å². The Morgan fingerprint density at radius 3 is 2.62 bits per heavy atom. The van der Waals surface area contributed by atoms with Crippen LogP contribution in [-0.4, -0.2) is 17.7 Å². The van der Waals surface area contributed by atoms with Crippen molar-refractivity contribution in [3.05, 3.63) is 65.7 Å². The van der Waals surface area contributed by atoms with Crippen LogP contribution in [-0.2, 0) is 4.79 Å². The normalized spacial score (nSPS) is 11.2. The maximum absolute atomic E-state index is 11.7. The zero-order valence-electron chi connectivity index (χ0n) is 13.3. The highest BCUT2D eigenvalue weighted by Crippen LogP contribution is 2.26. The first kappa shape index (κ1) is 17.1. The molecular weight excluding hydrogens is 304 g/mol. The molecule has 0 aromatic heterocycles. The Labute approximate surface area is 140 Å². The molecule has 2 rings (SSSR count). The molecule has 0 aliphatic rings. The standard InChI is InChI=1S/C19H18N2O3/c1-3-13-9-15(11-17(10-13)24-4-2)18(19(22)23)21-16-7-5-14(12-20)6-8-16/h3,5-11,18,21H,1,4H2,2H3,(H,22,23). The Balaban J connectivity index is 2.35. The molecule has 24 heavy (non-hydrogen) atoms. The number of hydrogen-bond donors (Lipinski definition) is 2. The van der Waals surface area contributed by atoms with Crippen molar-refractivity contribution in [3.8, 4) is 11.8 Å². The van der Waals surface area contributed by atoms with Crippen LogP contribution in [0.25, 0.3) is 6.08 Å². The molecule has 0 aliphatic heterocycles. The molecule has 2 aromatic carbocycles. The molecular formula is C19H18N2O3. The van der Waals surface area contributed by atoms with E-state index in [-0.39, 0.29) is 0 Å². The van der Waals surface area contributed by atoms with Gasteiger partial charge in [0.15, 0.2) is 6.04 Å². The van der Waals surface area contributed by atoms with Gasteiger partial charge in [-0.2, -0.15) is 5.26 Å². The van der Waals surface area contributed by atoms with E-state index in [1.165, 1.54) is 0 Å². The smallest absolute Gasteiger partial charge is 0.330 e. The summed E-state index contributed by atoms with van der Waals surface area (Å²) in [5.41, 5.74) is 2.47. The Morgan fingerprint density at radius 1 is 1.38 bits per heavy atom. The van der Waals surface area contributed by atoms with Gasteiger partial charge >= 0.3 is 5.97 Å². The Bertz CT molecular complexity index is 776. The molecule has 0 amide bonds. The first-order valence-corrected chi connectivity index (χ1v) is 7.47. The van der Waals surface area contributed by atoms with Crippen LogP contribution in [0.5, 0.6) is 5.75 Å². The van der Waals surface area contributed by atoms with Crippen molar-refractivity contribution in [1.29, 1.82) is 5.26 Å². The zero-order valence-corrected chi connectivity index (χ0v) is 13.3. The maximum atomic E-state index is 11.7. The molecule has 0 spiro atoms. The molecule has 0 heterocycles. The average Bonchev–Trinajstić information content (AvgIpc) is 2.59. The molecule has 2 aromatic rings. The van der Waals surface area contributed by atoms with Crippen LogP contribution >= 0.6 is 0 Å². The summed E-state index contributed by atoms with van der Waals surface area (Å²) in [6.45, 7) is 6.08. The number of carboxylic acids is 1. The number of ether oxygens (including phenoxy) is 1. The number of aliphatic carboxylic acids is 1. The van der Waals surface area contributed by atoms with Crippen LogP contribution in [0.1, 0.15) is 29.7 Å². The van der Waals surface area contributed by atoms with Crippen molar-refractivity contribution in [2.45, 2.75) is 13.0 Å². The van der Waals surface area contributed by atoms with E-state index in [1.807, 2.05) is 13.0 Å². The van der Waals surface area contributed by atoms with Crippen molar-refractivity contribution in [2.24, 2.45) is 0 Å². The van der Waals surface area contributed by atoms with Crippen LogP contribution in [0.3, 0.4) is 0 Å². The van der Waals surface area contributed by atoms with Crippen LogP contribution in [0, 0.1) is 11.3 Å². The van der Waals surface area contributed by atoms with E-state index in [2.05, 4.69) is 11.9 Å². The predicted octanol–water partition coefficient (Wildman–Crippen LogP) is 3.84. The van der Waals surface area contributed by atoms with Crippen molar-refractivity contribution in [2.75, 3.05) is 11.9 Å². The molecule has 5 heteroatoms. The number of carboxylic acid groups (broad SMARTS) is 1. The number of anilines is 1. The maximum Gasteiger partial charge on any atom is 0.330 e. The van der Waals surface area contributed by atoms with Gasteiger partial charge in [0.25, 0.3) is 0 Å². The molecule has 0 bridgehead atoms. The predicted molar refractivity (Wildman–Crippen MR) is 92.9 cm³/mol. The van der Waals surface area contributed by atoms with E-state index in [9.17, 15) is 9.90 Å². The Morgan fingerprint density at radius 2 is 2.08 bits per heavy atom. The lowest BCUT2D eigenvalue weighted by atomic mass is 10.0. The van der Waals surface area contributed by atoms with Gasteiger partial charge in [-0.15, -0.1) is 0 Å². The zero-order chi connectivity index (χ0) is 17.5. The highest BCUT2D eigenvalue weighted by Gasteiger charge is 2.21. The van der Waals surface area contributed by atoms with Gasteiger partial charge < -0.3 is 15.2 Å². The van der Waals surface area contributed by atoms with Gasteiger partial charge in [0, 0.05) is 5.69 Å². The minimum Gasteiger partial charge on any atom is -0.494 e. The van der Waals surface area contributed by atoms with Gasteiger partial charge in [-0.05, 0) is 60.5 Å². The molecule has 122 valence electrons. The fraction of sp³-hybridized carbons (Fsp3) is 0.158. The largest absolute Gasteiger partial charge is 0.494 e. The highest BCUT2D eigenvalue weighted by atomic mass is 16.5. The Kier molecular flexibility index (Phi) is 5.58. The minimum atomic E-state index is -1.01. The first-order chi connectivity index (χ1) is 11.6. The number of rotatable bonds is 7. The van der Waals surface area contributed by atoms with Crippen LogP contribution in [0.15, 0.2) is 49.0 Å². The highest BCUT2D eigenvalue weighted by molar-refractivity contribution is 5.80. The topological polar surface area (TPSA) is 82.3 Å². The van der Waals surface area contributed by atoms with Crippen LogP contribution in [0.2, 0.25) is 0 Å². The van der Waals surface area contributed by atoms with Gasteiger partial charge in [0.1, 0.15) is 5.75 Å². The fourth-order valence-corrected chi connectivity index (χ4v) is 2.28. The summed E-state index contributed by atoms with van der Waals surface area (Å²) in [7, 11) is 0. The van der Waals surface area contributed by atoms with Gasteiger partial charge in [0.2, 0.25) is 0 Å². The number of carbonyl (C=O) groups is 1. The van der Waals surface area contributed by atoms with E-state index in [0.717, 1.165) is 5.56 Å². The fourth-order valence-electron chi connectivity index (χ4n) is 2.28. The van der Waals surface area contributed by atoms with Crippen molar-refractivity contribution in [3.63, 3.8) is 0 Å². The molecule has 0 saturated carbocycles.